The van der Waals surface area contributed by atoms with E-state index in [0.717, 1.165) is 22.7 Å². The third-order valence-corrected chi connectivity index (χ3v) is 5.57. The van der Waals surface area contributed by atoms with Gasteiger partial charge in [0.25, 0.3) is 5.91 Å². The maximum atomic E-state index is 12.5. The van der Waals surface area contributed by atoms with Gasteiger partial charge in [0, 0.05) is 28.4 Å². The van der Waals surface area contributed by atoms with Gasteiger partial charge in [-0.25, -0.2) is 4.98 Å². The summed E-state index contributed by atoms with van der Waals surface area (Å²) in [5.74, 6) is 0.482. The van der Waals surface area contributed by atoms with Gasteiger partial charge in [-0.3, -0.25) is 4.79 Å². The molecule has 3 aromatic rings. The molecule has 1 heterocycles. The van der Waals surface area contributed by atoms with Crippen LogP contribution in [0.5, 0.6) is 5.75 Å². The first-order valence-corrected chi connectivity index (χ1v) is 10.00. The number of benzene rings is 2. The Morgan fingerprint density at radius 2 is 1.93 bits per heavy atom. The van der Waals surface area contributed by atoms with Crippen molar-refractivity contribution in [3.63, 3.8) is 0 Å². The summed E-state index contributed by atoms with van der Waals surface area (Å²) in [6.07, 6.45) is 0.736. The number of thiazole rings is 1. The summed E-state index contributed by atoms with van der Waals surface area (Å²) in [7, 11) is 0. The van der Waals surface area contributed by atoms with Crippen LogP contribution in [0.25, 0.3) is 10.6 Å². The Balaban J connectivity index is 1.62. The quantitative estimate of drug-likeness (QED) is 0.597. The van der Waals surface area contributed by atoms with Gasteiger partial charge in [-0.05, 0) is 38.1 Å². The minimum Gasteiger partial charge on any atom is -0.493 e. The van der Waals surface area contributed by atoms with E-state index in [1.54, 1.807) is 17.4 Å². The molecule has 0 aliphatic carbocycles. The molecule has 6 heteroatoms. The molecule has 0 bridgehead atoms. The Labute approximate surface area is 168 Å². The van der Waals surface area contributed by atoms with Crippen molar-refractivity contribution in [1.82, 2.24) is 10.3 Å². The van der Waals surface area contributed by atoms with Crippen molar-refractivity contribution in [2.45, 2.75) is 20.3 Å². The molecular formula is C21H21ClN2O2S. The summed E-state index contributed by atoms with van der Waals surface area (Å²) < 4.78 is 5.52. The van der Waals surface area contributed by atoms with Crippen molar-refractivity contribution in [2.75, 3.05) is 13.2 Å². The highest BCUT2D eigenvalue weighted by atomic mass is 35.5. The predicted octanol–water partition coefficient (Wildman–Crippen LogP) is 5.14. The molecule has 0 saturated carbocycles. The molecule has 1 aromatic heterocycles. The van der Waals surface area contributed by atoms with Crippen LogP contribution in [-0.2, 0) is 6.42 Å². The number of hydrogen-bond acceptors (Lipinski definition) is 4. The van der Waals surface area contributed by atoms with E-state index in [0.29, 0.717) is 29.5 Å². The largest absolute Gasteiger partial charge is 0.493 e. The van der Waals surface area contributed by atoms with Gasteiger partial charge in [0.05, 0.1) is 17.9 Å². The monoisotopic (exact) mass is 400 g/mol. The zero-order chi connectivity index (χ0) is 19.2. The van der Waals surface area contributed by atoms with Crippen LogP contribution in [0.4, 0.5) is 0 Å². The number of hydrogen-bond donors (Lipinski definition) is 1. The fourth-order valence-electron chi connectivity index (χ4n) is 2.70. The lowest BCUT2D eigenvalue weighted by Gasteiger charge is -2.10. The number of para-hydroxylation sites is 1. The zero-order valence-corrected chi connectivity index (χ0v) is 16.9. The smallest absolute Gasteiger partial charge is 0.255 e. The second kappa shape index (κ2) is 9.02. The lowest BCUT2D eigenvalue weighted by atomic mass is 10.2. The van der Waals surface area contributed by atoms with Crippen LogP contribution in [-0.4, -0.2) is 24.0 Å². The maximum absolute atomic E-state index is 12.5. The first kappa shape index (κ1) is 19.4. The third kappa shape index (κ3) is 4.87. The van der Waals surface area contributed by atoms with E-state index in [2.05, 4.69) is 10.3 Å². The lowest BCUT2D eigenvalue weighted by Crippen LogP contribution is -2.26. The molecule has 4 nitrogen and oxygen atoms in total. The van der Waals surface area contributed by atoms with Crippen LogP contribution >= 0.6 is 22.9 Å². The second-order valence-electron chi connectivity index (χ2n) is 5.97. The Kier molecular flexibility index (Phi) is 6.48. The fourth-order valence-corrected chi connectivity index (χ4v) is 3.89. The van der Waals surface area contributed by atoms with Crippen LogP contribution < -0.4 is 10.1 Å². The van der Waals surface area contributed by atoms with E-state index in [1.807, 2.05) is 56.3 Å². The molecule has 0 radical (unpaired) electrons. The molecule has 0 spiro atoms. The van der Waals surface area contributed by atoms with Gasteiger partial charge in [0.15, 0.2) is 0 Å². The van der Waals surface area contributed by atoms with E-state index in [1.165, 1.54) is 4.88 Å². The predicted molar refractivity (Wildman–Crippen MR) is 111 cm³/mol. The number of halogens is 1. The number of amides is 1. The molecule has 0 fully saturated rings. The molecule has 0 aliphatic heterocycles. The number of nitrogens with zero attached hydrogens (tertiary/aromatic N) is 1. The molecule has 0 aliphatic rings. The highest BCUT2D eigenvalue weighted by Gasteiger charge is 2.13. The molecule has 3 rings (SSSR count). The first-order valence-electron chi connectivity index (χ1n) is 8.80. The van der Waals surface area contributed by atoms with E-state index in [-0.39, 0.29) is 5.91 Å². The Hall–Kier alpha value is -2.37. The number of ether oxygens (including phenoxy) is 1. The normalized spacial score (nSPS) is 10.6. The van der Waals surface area contributed by atoms with Crippen molar-refractivity contribution in [1.29, 1.82) is 0 Å². The number of carbonyl (C=O) groups excluding carboxylic acids is 1. The van der Waals surface area contributed by atoms with Gasteiger partial charge in [-0.15, -0.1) is 11.3 Å². The van der Waals surface area contributed by atoms with E-state index in [4.69, 9.17) is 16.3 Å². The molecule has 1 N–H and O–H groups in total. The SMILES string of the molecule is CCOc1ccccc1C(=O)NCCc1sc(-c2ccc(Cl)cc2)nc1C. The van der Waals surface area contributed by atoms with E-state index in [9.17, 15) is 4.79 Å². The third-order valence-electron chi connectivity index (χ3n) is 4.05. The molecule has 0 unspecified atom stereocenters. The average Bonchev–Trinajstić information content (AvgIpc) is 3.03. The molecule has 0 saturated heterocycles. The van der Waals surface area contributed by atoms with Gasteiger partial charge in [0.2, 0.25) is 0 Å². The Morgan fingerprint density at radius 3 is 2.67 bits per heavy atom. The fraction of sp³-hybridized carbons (Fsp3) is 0.238. The van der Waals surface area contributed by atoms with Crippen molar-refractivity contribution >= 4 is 28.8 Å². The summed E-state index contributed by atoms with van der Waals surface area (Å²) in [6.45, 7) is 4.97. The summed E-state index contributed by atoms with van der Waals surface area (Å²) in [5, 5.41) is 4.65. The van der Waals surface area contributed by atoms with Crippen molar-refractivity contribution in [3.05, 3.63) is 69.7 Å². The number of aryl methyl sites for hydroxylation is 1. The molecule has 27 heavy (non-hydrogen) atoms. The summed E-state index contributed by atoms with van der Waals surface area (Å²) in [6, 6.07) is 14.9. The average molecular weight is 401 g/mol. The summed E-state index contributed by atoms with van der Waals surface area (Å²) in [5.41, 5.74) is 2.60. The highest BCUT2D eigenvalue weighted by Crippen LogP contribution is 2.29. The van der Waals surface area contributed by atoms with Gasteiger partial charge < -0.3 is 10.1 Å². The molecular weight excluding hydrogens is 380 g/mol. The van der Waals surface area contributed by atoms with Crippen molar-refractivity contribution in [2.24, 2.45) is 0 Å². The van der Waals surface area contributed by atoms with Crippen molar-refractivity contribution < 1.29 is 9.53 Å². The molecule has 0 atom stereocenters. The highest BCUT2D eigenvalue weighted by molar-refractivity contribution is 7.15. The number of nitrogens with one attached hydrogen (secondary N) is 1. The van der Waals surface area contributed by atoms with E-state index >= 15 is 0 Å². The Morgan fingerprint density at radius 1 is 1.19 bits per heavy atom. The van der Waals surface area contributed by atoms with E-state index < -0.39 is 0 Å². The van der Waals surface area contributed by atoms with Crippen LogP contribution in [0, 0.1) is 6.92 Å². The second-order valence-corrected chi connectivity index (χ2v) is 7.49. The van der Waals surface area contributed by atoms with Gasteiger partial charge >= 0.3 is 0 Å². The lowest BCUT2D eigenvalue weighted by molar-refractivity contribution is 0.0950. The first-order chi connectivity index (χ1) is 13.1. The Bertz CT molecular complexity index is 922. The summed E-state index contributed by atoms with van der Waals surface area (Å²) in [4.78, 5) is 18.3. The van der Waals surface area contributed by atoms with Crippen LogP contribution in [0.3, 0.4) is 0 Å². The number of rotatable bonds is 7. The zero-order valence-electron chi connectivity index (χ0n) is 15.3. The summed E-state index contributed by atoms with van der Waals surface area (Å²) >= 11 is 7.60. The topological polar surface area (TPSA) is 51.2 Å². The van der Waals surface area contributed by atoms with Crippen LogP contribution in [0.1, 0.15) is 27.9 Å². The molecule has 1 amide bonds. The molecule has 2 aromatic carbocycles. The van der Waals surface area contributed by atoms with Crippen molar-refractivity contribution in [3.8, 4) is 16.3 Å². The van der Waals surface area contributed by atoms with Gasteiger partial charge in [0.1, 0.15) is 10.8 Å². The van der Waals surface area contributed by atoms with Gasteiger partial charge in [-0.2, -0.15) is 0 Å². The van der Waals surface area contributed by atoms with Crippen LogP contribution in [0.15, 0.2) is 48.5 Å². The van der Waals surface area contributed by atoms with Gasteiger partial charge in [-0.1, -0.05) is 35.9 Å². The number of aromatic nitrogens is 1. The maximum Gasteiger partial charge on any atom is 0.255 e. The molecule has 140 valence electrons. The van der Waals surface area contributed by atoms with Crippen LogP contribution in [0.2, 0.25) is 5.02 Å². The minimum atomic E-state index is -0.126. The number of carbonyl (C=O) groups is 1. The minimum absolute atomic E-state index is 0.126. The standard InChI is InChI=1S/C21H21ClN2O2S/c1-3-26-18-7-5-4-6-17(18)20(25)23-13-12-19-14(2)24-21(27-19)15-8-10-16(22)11-9-15/h4-11H,3,12-13H2,1-2H3,(H,23,25).